The van der Waals surface area contributed by atoms with Gasteiger partial charge in [0.05, 0.1) is 12.0 Å². The van der Waals surface area contributed by atoms with Crippen molar-refractivity contribution in [3.63, 3.8) is 0 Å². The highest BCUT2D eigenvalue weighted by molar-refractivity contribution is 5.73. The average molecular weight is 260 g/mol. The summed E-state index contributed by atoms with van der Waals surface area (Å²) in [7, 11) is 0. The lowest BCUT2D eigenvalue weighted by atomic mass is 9.99. The Morgan fingerprint density at radius 1 is 1.33 bits per heavy atom. The number of carbonyl (C=O) groups excluding carboxylic acids is 2. The van der Waals surface area contributed by atoms with Crippen molar-refractivity contribution in [1.82, 2.24) is 5.32 Å². The fraction of sp³-hybridized carbons (Fsp3) is 0.833. The van der Waals surface area contributed by atoms with Crippen molar-refractivity contribution in [2.24, 2.45) is 5.92 Å². The second kappa shape index (κ2) is 6.58. The molecule has 0 aromatic rings. The van der Waals surface area contributed by atoms with E-state index in [1.54, 1.807) is 20.8 Å². The summed E-state index contributed by atoms with van der Waals surface area (Å²) in [4.78, 5) is 22.2. The lowest BCUT2D eigenvalue weighted by Gasteiger charge is -2.28. The first-order valence-electron chi connectivity index (χ1n) is 5.91. The van der Waals surface area contributed by atoms with Gasteiger partial charge in [0.25, 0.3) is 0 Å². The molecule has 0 saturated heterocycles. The normalized spacial score (nSPS) is 15.1. The van der Waals surface area contributed by atoms with E-state index in [4.69, 9.17) is 4.74 Å². The summed E-state index contributed by atoms with van der Waals surface area (Å²) in [6.45, 7) is 8.79. The number of carboxylic acids is 1. The molecule has 0 saturated carbocycles. The zero-order valence-corrected chi connectivity index (χ0v) is 11.5. The fourth-order valence-electron chi connectivity index (χ4n) is 1.40. The third-order valence-corrected chi connectivity index (χ3v) is 2.05. The number of hydrogen-bond donors (Lipinski definition) is 2. The second-order valence-electron chi connectivity index (χ2n) is 5.65. The zero-order chi connectivity index (χ0) is 14.5. The summed E-state index contributed by atoms with van der Waals surface area (Å²) in [6.07, 6.45) is -2.19. The summed E-state index contributed by atoms with van der Waals surface area (Å²) in [6, 6.07) is -0.926. The SMILES string of the molecule is CC(C)C[C@@H](NC(=O)OC(C)(C)C)[C@@H](O)C(=O)[O-]. The monoisotopic (exact) mass is 260 g/mol. The molecule has 1 amide bonds. The van der Waals surface area contributed by atoms with Crippen molar-refractivity contribution in [3.8, 4) is 0 Å². The number of rotatable bonds is 5. The van der Waals surface area contributed by atoms with Gasteiger partial charge in [-0.25, -0.2) is 4.79 Å². The quantitative estimate of drug-likeness (QED) is 0.727. The predicted octanol–water partition coefficient (Wildman–Crippen LogP) is 0.0366. The number of carbonyl (C=O) groups is 2. The molecule has 0 aliphatic carbocycles. The molecule has 0 aromatic carbocycles. The van der Waals surface area contributed by atoms with Crippen LogP contribution in [-0.2, 0) is 9.53 Å². The molecule has 0 aliphatic rings. The first-order chi connectivity index (χ1) is 8.03. The Hall–Kier alpha value is -1.30. The lowest BCUT2D eigenvalue weighted by molar-refractivity contribution is -0.316. The Morgan fingerprint density at radius 3 is 2.17 bits per heavy atom. The van der Waals surface area contributed by atoms with Crippen LogP contribution in [0.2, 0.25) is 0 Å². The molecule has 0 spiro atoms. The molecule has 6 nitrogen and oxygen atoms in total. The van der Waals surface area contributed by atoms with E-state index in [0.717, 1.165) is 0 Å². The highest BCUT2D eigenvalue weighted by atomic mass is 16.6. The number of aliphatic hydroxyl groups excluding tert-OH is 1. The maximum atomic E-state index is 11.5. The Kier molecular flexibility index (Phi) is 6.11. The summed E-state index contributed by atoms with van der Waals surface area (Å²) < 4.78 is 5.01. The molecule has 0 aliphatic heterocycles. The van der Waals surface area contributed by atoms with Crippen LogP contribution in [0.15, 0.2) is 0 Å². The molecule has 0 fully saturated rings. The molecule has 2 N–H and O–H groups in total. The molecule has 0 bridgehead atoms. The highest BCUT2D eigenvalue weighted by Gasteiger charge is 2.25. The molecule has 106 valence electrons. The molecule has 0 radical (unpaired) electrons. The third-order valence-electron chi connectivity index (χ3n) is 2.05. The number of hydrogen-bond acceptors (Lipinski definition) is 5. The van der Waals surface area contributed by atoms with Crippen LogP contribution >= 0.6 is 0 Å². The minimum absolute atomic E-state index is 0.110. The van der Waals surface area contributed by atoms with Gasteiger partial charge in [0.2, 0.25) is 0 Å². The minimum atomic E-state index is -1.75. The van der Waals surface area contributed by atoms with E-state index < -0.39 is 29.8 Å². The standard InChI is InChI=1S/C12H23NO5/c1-7(2)6-8(9(14)10(15)16)13-11(17)18-12(3,4)5/h7-9,14H,6H2,1-5H3,(H,13,17)(H,15,16)/p-1/t8-,9-/m1/s1. The van der Waals surface area contributed by atoms with E-state index in [9.17, 15) is 19.8 Å². The van der Waals surface area contributed by atoms with Gasteiger partial charge in [-0.2, -0.15) is 0 Å². The van der Waals surface area contributed by atoms with E-state index in [1.807, 2.05) is 13.8 Å². The van der Waals surface area contributed by atoms with Crippen molar-refractivity contribution >= 4 is 12.1 Å². The number of alkyl carbamates (subject to hydrolysis) is 1. The van der Waals surface area contributed by atoms with Crippen molar-refractivity contribution in [1.29, 1.82) is 0 Å². The maximum Gasteiger partial charge on any atom is 0.407 e. The molecule has 18 heavy (non-hydrogen) atoms. The van der Waals surface area contributed by atoms with Gasteiger partial charge in [0.15, 0.2) is 0 Å². The van der Waals surface area contributed by atoms with Crippen molar-refractivity contribution in [2.75, 3.05) is 0 Å². The number of aliphatic carboxylic acids is 1. The first-order valence-corrected chi connectivity index (χ1v) is 5.91. The van der Waals surface area contributed by atoms with Gasteiger partial charge in [-0.05, 0) is 33.1 Å². The van der Waals surface area contributed by atoms with Crippen molar-refractivity contribution in [3.05, 3.63) is 0 Å². The fourth-order valence-corrected chi connectivity index (χ4v) is 1.40. The molecule has 6 heteroatoms. The predicted molar refractivity (Wildman–Crippen MR) is 63.6 cm³/mol. The van der Waals surface area contributed by atoms with Crippen LogP contribution in [0.4, 0.5) is 4.79 Å². The van der Waals surface area contributed by atoms with Gasteiger partial charge >= 0.3 is 6.09 Å². The Bertz CT molecular complexity index is 295. The maximum absolute atomic E-state index is 11.5. The van der Waals surface area contributed by atoms with Crippen LogP contribution in [0.1, 0.15) is 41.0 Å². The van der Waals surface area contributed by atoms with Gasteiger partial charge in [-0.1, -0.05) is 13.8 Å². The van der Waals surface area contributed by atoms with E-state index in [2.05, 4.69) is 5.32 Å². The number of ether oxygens (including phenoxy) is 1. The molecule has 2 atom stereocenters. The van der Waals surface area contributed by atoms with Crippen LogP contribution < -0.4 is 10.4 Å². The van der Waals surface area contributed by atoms with Gasteiger partial charge < -0.3 is 25.1 Å². The van der Waals surface area contributed by atoms with Gasteiger partial charge in [-0.15, -0.1) is 0 Å². The van der Waals surface area contributed by atoms with Crippen LogP contribution in [0.25, 0.3) is 0 Å². The molecule has 0 heterocycles. The smallest absolute Gasteiger partial charge is 0.407 e. The van der Waals surface area contributed by atoms with Crippen LogP contribution in [0.5, 0.6) is 0 Å². The Morgan fingerprint density at radius 2 is 1.83 bits per heavy atom. The van der Waals surface area contributed by atoms with E-state index >= 15 is 0 Å². The average Bonchev–Trinajstić information content (AvgIpc) is 2.11. The van der Waals surface area contributed by atoms with E-state index in [-0.39, 0.29) is 5.92 Å². The number of aliphatic hydroxyl groups is 1. The van der Waals surface area contributed by atoms with Crippen LogP contribution in [0, 0.1) is 5.92 Å². The molecule has 0 aromatic heterocycles. The molecular formula is C12H22NO5-. The molecule has 0 rings (SSSR count). The van der Waals surface area contributed by atoms with E-state index in [1.165, 1.54) is 0 Å². The summed E-state index contributed by atoms with van der Waals surface area (Å²) in [5.74, 6) is -1.50. The highest BCUT2D eigenvalue weighted by Crippen LogP contribution is 2.11. The second-order valence-corrected chi connectivity index (χ2v) is 5.65. The third kappa shape index (κ3) is 7.11. The Balaban J connectivity index is 4.59. The van der Waals surface area contributed by atoms with Crippen molar-refractivity contribution in [2.45, 2.75) is 58.8 Å². The van der Waals surface area contributed by atoms with Gasteiger partial charge in [0.1, 0.15) is 11.7 Å². The number of amides is 1. The topological polar surface area (TPSA) is 98.7 Å². The first kappa shape index (κ1) is 16.7. The van der Waals surface area contributed by atoms with E-state index in [0.29, 0.717) is 6.42 Å². The van der Waals surface area contributed by atoms with Crippen molar-refractivity contribution < 1.29 is 24.5 Å². The van der Waals surface area contributed by atoms with Gasteiger partial charge in [0, 0.05) is 0 Å². The largest absolute Gasteiger partial charge is 0.547 e. The lowest BCUT2D eigenvalue weighted by Crippen LogP contribution is -2.52. The number of nitrogens with one attached hydrogen (secondary N) is 1. The van der Waals surface area contributed by atoms with Crippen LogP contribution in [-0.4, -0.2) is 34.9 Å². The summed E-state index contributed by atoms with van der Waals surface area (Å²) in [5, 5.41) is 22.4. The van der Waals surface area contributed by atoms with Gasteiger partial charge in [-0.3, -0.25) is 0 Å². The Labute approximate surface area is 107 Å². The van der Waals surface area contributed by atoms with Crippen LogP contribution in [0.3, 0.4) is 0 Å². The molecular weight excluding hydrogens is 238 g/mol. The molecule has 0 unspecified atom stereocenters. The summed E-state index contributed by atoms with van der Waals surface area (Å²) >= 11 is 0. The summed E-state index contributed by atoms with van der Waals surface area (Å²) in [5.41, 5.74) is -0.682. The minimum Gasteiger partial charge on any atom is -0.547 e. The zero-order valence-electron chi connectivity index (χ0n) is 11.5. The number of carboxylic acid groups (broad SMARTS) is 1.